The second-order valence-electron chi connectivity index (χ2n) is 10.7. The lowest BCUT2D eigenvalue weighted by molar-refractivity contribution is -0.140. The van der Waals surface area contributed by atoms with Crippen molar-refractivity contribution in [1.82, 2.24) is 9.80 Å². The van der Waals surface area contributed by atoms with Gasteiger partial charge in [0, 0.05) is 31.7 Å². The van der Waals surface area contributed by atoms with E-state index < -0.39 is 17.7 Å². The van der Waals surface area contributed by atoms with Gasteiger partial charge in [-0.05, 0) is 60.4 Å². The third-order valence-electron chi connectivity index (χ3n) is 7.93. The maximum Gasteiger partial charge on any atom is 0.295 e. The van der Waals surface area contributed by atoms with Crippen LogP contribution < -0.4 is 14.2 Å². The molecule has 0 radical (unpaired) electrons. The summed E-state index contributed by atoms with van der Waals surface area (Å²) in [6.45, 7) is 6.45. The van der Waals surface area contributed by atoms with Crippen LogP contribution >= 0.6 is 0 Å². The van der Waals surface area contributed by atoms with Crippen molar-refractivity contribution >= 4 is 17.4 Å². The number of benzene rings is 3. The lowest BCUT2D eigenvalue weighted by Gasteiger charge is -2.29. The Kier molecular flexibility index (Phi) is 9.64. The van der Waals surface area contributed by atoms with Crippen LogP contribution in [0.2, 0.25) is 0 Å². The minimum Gasteiger partial charge on any atom is -0.507 e. The van der Waals surface area contributed by atoms with E-state index in [1.54, 1.807) is 48.4 Å². The standard InChI is InChI=1S/C34H38N2O7/c1-23-20-26(11-12-27(23)43-22-24-8-5-4-6-9-24)32(37)30-31(25-10-13-28(40-2)29(21-25)41-3)36(34(39)33(30)38)15-7-14-35-16-18-42-19-17-35/h4-6,8-13,20-21,31,37H,7,14-19,22H2,1-3H3/t31-/m0/s1. The second-order valence-corrected chi connectivity index (χ2v) is 10.7. The van der Waals surface area contributed by atoms with E-state index >= 15 is 0 Å². The van der Waals surface area contributed by atoms with Gasteiger partial charge in [0.1, 0.15) is 18.1 Å². The largest absolute Gasteiger partial charge is 0.507 e. The predicted molar refractivity (Wildman–Crippen MR) is 162 cm³/mol. The van der Waals surface area contributed by atoms with E-state index in [2.05, 4.69) is 4.90 Å². The van der Waals surface area contributed by atoms with Crippen molar-refractivity contribution in [2.24, 2.45) is 0 Å². The molecule has 0 aromatic heterocycles. The highest BCUT2D eigenvalue weighted by molar-refractivity contribution is 6.46. The van der Waals surface area contributed by atoms with Crippen LogP contribution in [0.1, 0.15) is 34.7 Å². The van der Waals surface area contributed by atoms with Gasteiger partial charge in [-0.1, -0.05) is 36.4 Å². The number of carbonyl (C=O) groups excluding carboxylic acids is 2. The van der Waals surface area contributed by atoms with E-state index in [0.717, 1.165) is 30.8 Å². The lowest BCUT2D eigenvalue weighted by atomic mass is 9.94. The number of aryl methyl sites for hydroxylation is 1. The van der Waals surface area contributed by atoms with Gasteiger partial charge in [0.15, 0.2) is 11.5 Å². The van der Waals surface area contributed by atoms with Gasteiger partial charge in [0.25, 0.3) is 11.7 Å². The Morgan fingerprint density at radius 3 is 2.33 bits per heavy atom. The number of methoxy groups -OCH3 is 2. The van der Waals surface area contributed by atoms with Crippen molar-refractivity contribution in [2.45, 2.75) is 26.0 Å². The smallest absolute Gasteiger partial charge is 0.295 e. The number of Topliss-reactive ketones (excluding diaryl/α,β-unsaturated/α-hetero) is 1. The Hall–Kier alpha value is -4.34. The third kappa shape index (κ3) is 6.68. The lowest BCUT2D eigenvalue weighted by Crippen LogP contribution is -2.38. The molecular weight excluding hydrogens is 548 g/mol. The summed E-state index contributed by atoms with van der Waals surface area (Å²) in [5, 5.41) is 11.6. The molecule has 1 N–H and O–H groups in total. The highest BCUT2D eigenvalue weighted by Gasteiger charge is 2.46. The maximum atomic E-state index is 13.6. The molecule has 0 bridgehead atoms. The summed E-state index contributed by atoms with van der Waals surface area (Å²) < 4.78 is 22.4. The molecule has 0 aliphatic carbocycles. The molecular formula is C34H38N2O7. The van der Waals surface area contributed by atoms with E-state index in [4.69, 9.17) is 18.9 Å². The van der Waals surface area contributed by atoms with Gasteiger partial charge in [-0.3, -0.25) is 14.5 Å². The molecule has 2 aliphatic rings. The van der Waals surface area contributed by atoms with Crippen LogP contribution in [0, 0.1) is 6.92 Å². The fourth-order valence-corrected chi connectivity index (χ4v) is 5.62. The number of aliphatic hydroxyl groups excluding tert-OH is 1. The van der Waals surface area contributed by atoms with Crippen molar-refractivity contribution < 1.29 is 33.6 Å². The van der Waals surface area contributed by atoms with Gasteiger partial charge in [0.05, 0.1) is 39.0 Å². The van der Waals surface area contributed by atoms with Crippen LogP contribution in [-0.4, -0.2) is 80.2 Å². The van der Waals surface area contributed by atoms with Gasteiger partial charge in [-0.15, -0.1) is 0 Å². The molecule has 5 rings (SSSR count). The Morgan fingerprint density at radius 1 is 0.907 bits per heavy atom. The first-order valence-electron chi connectivity index (χ1n) is 14.5. The molecule has 9 nitrogen and oxygen atoms in total. The van der Waals surface area contributed by atoms with Gasteiger partial charge in [-0.2, -0.15) is 0 Å². The summed E-state index contributed by atoms with van der Waals surface area (Å²) in [5.41, 5.74) is 2.95. The van der Waals surface area contributed by atoms with Crippen molar-refractivity contribution in [3.05, 3.63) is 94.6 Å². The molecule has 2 fully saturated rings. The quantitative estimate of drug-likeness (QED) is 0.196. The first-order valence-corrected chi connectivity index (χ1v) is 14.5. The minimum atomic E-state index is -0.793. The number of nitrogens with zero attached hydrogens (tertiary/aromatic N) is 2. The summed E-state index contributed by atoms with van der Waals surface area (Å²) in [6, 6.07) is 19.6. The summed E-state index contributed by atoms with van der Waals surface area (Å²) in [6.07, 6.45) is 0.670. The van der Waals surface area contributed by atoms with E-state index in [1.165, 1.54) is 7.11 Å². The fourth-order valence-electron chi connectivity index (χ4n) is 5.62. The van der Waals surface area contributed by atoms with Crippen molar-refractivity contribution in [3.8, 4) is 17.2 Å². The number of rotatable bonds is 11. The third-order valence-corrected chi connectivity index (χ3v) is 7.93. The highest BCUT2D eigenvalue weighted by atomic mass is 16.5. The number of hydrogen-bond acceptors (Lipinski definition) is 8. The number of carbonyl (C=O) groups is 2. The number of amides is 1. The van der Waals surface area contributed by atoms with E-state index in [0.29, 0.717) is 61.2 Å². The van der Waals surface area contributed by atoms with E-state index in [9.17, 15) is 14.7 Å². The van der Waals surface area contributed by atoms with E-state index in [-0.39, 0.29) is 11.3 Å². The predicted octanol–water partition coefficient (Wildman–Crippen LogP) is 4.74. The van der Waals surface area contributed by atoms with Crippen LogP contribution in [-0.2, 0) is 20.9 Å². The number of hydrogen-bond donors (Lipinski definition) is 1. The molecule has 0 saturated carbocycles. The van der Waals surface area contributed by atoms with Crippen LogP contribution in [0.15, 0.2) is 72.3 Å². The van der Waals surface area contributed by atoms with Crippen LogP contribution in [0.3, 0.4) is 0 Å². The van der Waals surface area contributed by atoms with Crippen molar-refractivity contribution in [1.29, 1.82) is 0 Å². The Balaban J connectivity index is 1.46. The molecule has 9 heteroatoms. The van der Waals surface area contributed by atoms with Gasteiger partial charge >= 0.3 is 0 Å². The van der Waals surface area contributed by atoms with Gasteiger partial charge in [0.2, 0.25) is 0 Å². The number of ether oxygens (including phenoxy) is 4. The average Bonchev–Trinajstić information content (AvgIpc) is 3.29. The van der Waals surface area contributed by atoms with E-state index in [1.807, 2.05) is 37.3 Å². The van der Waals surface area contributed by atoms with Crippen molar-refractivity contribution in [2.75, 3.05) is 53.6 Å². The second kappa shape index (κ2) is 13.8. The summed E-state index contributed by atoms with van der Waals surface area (Å²) in [7, 11) is 3.08. The molecule has 3 aromatic rings. The van der Waals surface area contributed by atoms with Crippen LogP contribution in [0.5, 0.6) is 17.2 Å². The molecule has 226 valence electrons. The SMILES string of the molecule is COc1ccc([C@H]2C(=C(O)c3ccc(OCc4ccccc4)c(C)c3)C(=O)C(=O)N2CCCN2CCOCC2)cc1OC. The minimum absolute atomic E-state index is 0.0425. The summed E-state index contributed by atoms with van der Waals surface area (Å²) in [5.74, 6) is 0.0763. The Labute approximate surface area is 252 Å². The zero-order valence-electron chi connectivity index (χ0n) is 24.9. The molecule has 43 heavy (non-hydrogen) atoms. The first kappa shape index (κ1) is 30.1. The first-order chi connectivity index (χ1) is 20.9. The molecule has 2 heterocycles. The number of aliphatic hydroxyl groups is 1. The summed E-state index contributed by atoms with van der Waals surface area (Å²) >= 11 is 0. The number of morpholine rings is 1. The molecule has 2 saturated heterocycles. The summed E-state index contributed by atoms with van der Waals surface area (Å²) in [4.78, 5) is 30.9. The number of ketones is 1. The topological polar surface area (TPSA) is 97.8 Å². The van der Waals surface area contributed by atoms with Gasteiger partial charge < -0.3 is 29.0 Å². The molecule has 3 aromatic carbocycles. The highest BCUT2D eigenvalue weighted by Crippen LogP contribution is 2.42. The Morgan fingerprint density at radius 2 is 1.63 bits per heavy atom. The zero-order chi connectivity index (χ0) is 30.3. The van der Waals surface area contributed by atoms with Gasteiger partial charge in [-0.25, -0.2) is 0 Å². The fraction of sp³-hybridized carbons (Fsp3) is 0.353. The molecule has 0 spiro atoms. The molecule has 1 amide bonds. The molecule has 0 unspecified atom stereocenters. The zero-order valence-corrected chi connectivity index (χ0v) is 24.9. The van der Waals surface area contributed by atoms with Crippen LogP contribution in [0.4, 0.5) is 0 Å². The molecule has 2 aliphatic heterocycles. The Bertz CT molecular complexity index is 1480. The van der Waals surface area contributed by atoms with Crippen molar-refractivity contribution in [3.63, 3.8) is 0 Å². The average molecular weight is 587 g/mol. The normalized spacial score (nSPS) is 18.6. The number of likely N-dealkylation sites (tertiary alicyclic amines) is 1. The monoisotopic (exact) mass is 586 g/mol. The molecule has 1 atom stereocenters. The van der Waals surface area contributed by atoms with Crippen LogP contribution in [0.25, 0.3) is 5.76 Å². The maximum absolute atomic E-state index is 13.6.